The van der Waals surface area contributed by atoms with Crippen LogP contribution in [0.3, 0.4) is 0 Å². The predicted molar refractivity (Wildman–Crippen MR) is 122 cm³/mol. The summed E-state index contributed by atoms with van der Waals surface area (Å²) in [5.74, 6) is 6.34. The molecule has 1 aliphatic carbocycles. The summed E-state index contributed by atoms with van der Waals surface area (Å²) in [6.45, 7) is 0.291. The van der Waals surface area contributed by atoms with Gasteiger partial charge in [-0.05, 0) is 46.5 Å². The van der Waals surface area contributed by atoms with Gasteiger partial charge < -0.3 is 4.74 Å². The second kappa shape index (κ2) is 8.38. The number of hydrogen-bond acceptors (Lipinski definition) is 2. The van der Waals surface area contributed by atoms with E-state index in [1.807, 2.05) is 72.8 Å². The van der Waals surface area contributed by atoms with Gasteiger partial charge >= 0.3 is 6.09 Å². The maximum atomic E-state index is 13.0. The van der Waals surface area contributed by atoms with Crippen LogP contribution in [0, 0.1) is 11.8 Å². The molecule has 0 saturated heterocycles. The van der Waals surface area contributed by atoms with Crippen molar-refractivity contribution in [3.05, 3.63) is 120 Å². The van der Waals surface area contributed by atoms with E-state index >= 15 is 0 Å². The van der Waals surface area contributed by atoms with Crippen molar-refractivity contribution < 1.29 is 9.53 Å². The van der Waals surface area contributed by atoms with Gasteiger partial charge in [-0.25, -0.2) is 4.79 Å². The highest BCUT2D eigenvalue weighted by atomic mass is 16.6. The van der Waals surface area contributed by atoms with Gasteiger partial charge in [-0.1, -0.05) is 84.6 Å². The summed E-state index contributed by atoms with van der Waals surface area (Å²) in [6.07, 6.45) is 6.95. The first kappa shape index (κ1) is 19.0. The fourth-order valence-electron chi connectivity index (χ4n) is 4.14. The Morgan fingerprint density at radius 1 is 0.839 bits per heavy atom. The minimum Gasteiger partial charge on any atom is -0.448 e. The Hall–Kier alpha value is -4.03. The average molecular weight is 403 g/mol. The number of nitrogens with zero attached hydrogens (tertiary/aromatic N) is 1. The number of amides is 1. The van der Waals surface area contributed by atoms with E-state index < -0.39 is 6.09 Å². The highest BCUT2D eigenvalue weighted by Gasteiger charge is 2.30. The summed E-state index contributed by atoms with van der Waals surface area (Å²) in [7, 11) is 0. The number of ether oxygens (including phenoxy) is 1. The number of hydrogen-bond donors (Lipinski definition) is 0. The molecule has 3 aromatic rings. The van der Waals surface area contributed by atoms with Crippen molar-refractivity contribution in [3.8, 4) is 23.0 Å². The van der Waals surface area contributed by atoms with Crippen LogP contribution >= 0.6 is 0 Å². The van der Waals surface area contributed by atoms with Crippen LogP contribution < -0.4 is 0 Å². The van der Waals surface area contributed by atoms with E-state index in [9.17, 15) is 4.79 Å². The molecule has 3 nitrogen and oxygen atoms in total. The van der Waals surface area contributed by atoms with Gasteiger partial charge in [0, 0.05) is 17.7 Å². The third kappa shape index (κ3) is 3.76. The molecule has 1 aliphatic heterocycles. The van der Waals surface area contributed by atoms with Gasteiger partial charge in [0.1, 0.15) is 12.6 Å². The zero-order valence-corrected chi connectivity index (χ0v) is 16.9. The molecule has 0 N–H and O–H groups in total. The highest BCUT2D eigenvalue weighted by Crippen LogP contribution is 2.44. The minimum atomic E-state index is -0.394. The van der Waals surface area contributed by atoms with E-state index in [-0.39, 0.29) is 12.0 Å². The monoisotopic (exact) mass is 403 g/mol. The van der Waals surface area contributed by atoms with Crippen molar-refractivity contribution in [1.29, 1.82) is 0 Å². The van der Waals surface area contributed by atoms with E-state index in [0.717, 1.165) is 5.56 Å². The van der Waals surface area contributed by atoms with E-state index in [1.165, 1.54) is 22.3 Å². The van der Waals surface area contributed by atoms with E-state index in [1.54, 1.807) is 11.1 Å². The summed E-state index contributed by atoms with van der Waals surface area (Å²) >= 11 is 0. The molecule has 0 aromatic heterocycles. The first-order valence-corrected chi connectivity index (χ1v) is 10.4. The van der Waals surface area contributed by atoms with Crippen LogP contribution in [-0.2, 0) is 4.74 Å². The van der Waals surface area contributed by atoms with Crippen LogP contribution in [0.1, 0.15) is 22.6 Å². The van der Waals surface area contributed by atoms with E-state index in [2.05, 4.69) is 36.1 Å². The molecule has 0 fully saturated rings. The third-order valence-corrected chi connectivity index (χ3v) is 5.64. The fourth-order valence-corrected chi connectivity index (χ4v) is 4.14. The van der Waals surface area contributed by atoms with Gasteiger partial charge in [0.15, 0.2) is 0 Å². The summed E-state index contributed by atoms with van der Waals surface area (Å²) in [6, 6.07) is 26.0. The molecule has 31 heavy (non-hydrogen) atoms. The van der Waals surface area contributed by atoms with Crippen molar-refractivity contribution in [2.75, 3.05) is 6.61 Å². The van der Waals surface area contributed by atoms with Gasteiger partial charge in [0.25, 0.3) is 0 Å². The predicted octanol–water partition coefficient (Wildman–Crippen LogP) is 5.74. The Kier molecular flexibility index (Phi) is 5.12. The molecule has 0 bridgehead atoms. The molecule has 1 heterocycles. The standard InChI is InChI=1S/C28H21NO2/c30-28(29-19-9-8-12-22(29)18-17-21-10-2-1-3-11-21)31-20-27-25-15-6-4-13-23(25)24-14-5-7-16-26(24)27/h1-16,19,22,27H,20H2. The molecular formula is C28H21NO2. The largest absolute Gasteiger partial charge is 0.448 e. The van der Waals surface area contributed by atoms with Crippen LogP contribution in [0.25, 0.3) is 11.1 Å². The second-order valence-corrected chi connectivity index (χ2v) is 7.52. The smallest absolute Gasteiger partial charge is 0.415 e. The van der Waals surface area contributed by atoms with Crippen molar-refractivity contribution in [3.63, 3.8) is 0 Å². The van der Waals surface area contributed by atoms with Crippen LogP contribution in [-0.4, -0.2) is 23.6 Å². The van der Waals surface area contributed by atoms with Crippen LogP contribution in [0.15, 0.2) is 103 Å². The quantitative estimate of drug-likeness (QED) is 0.511. The average Bonchev–Trinajstić information content (AvgIpc) is 3.16. The van der Waals surface area contributed by atoms with Gasteiger partial charge in [0.2, 0.25) is 0 Å². The zero-order chi connectivity index (χ0) is 21.0. The van der Waals surface area contributed by atoms with Crippen molar-refractivity contribution in [1.82, 2.24) is 4.90 Å². The Bertz CT molecular complexity index is 1180. The second-order valence-electron chi connectivity index (χ2n) is 7.52. The van der Waals surface area contributed by atoms with E-state index in [4.69, 9.17) is 4.74 Å². The van der Waals surface area contributed by atoms with Gasteiger partial charge in [-0.3, -0.25) is 4.90 Å². The molecule has 150 valence electrons. The maximum absolute atomic E-state index is 13.0. The van der Waals surface area contributed by atoms with Crippen molar-refractivity contribution in [2.24, 2.45) is 0 Å². The lowest BCUT2D eigenvalue weighted by molar-refractivity contribution is 0.112. The highest BCUT2D eigenvalue weighted by molar-refractivity contribution is 5.79. The molecule has 0 saturated carbocycles. The minimum absolute atomic E-state index is 0.0366. The molecule has 1 unspecified atom stereocenters. The van der Waals surface area contributed by atoms with E-state index in [0.29, 0.717) is 6.61 Å². The Morgan fingerprint density at radius 3 is 2.19 bits per heavy atom. The first-order chi connectivity index (χ1) is 15.3. The normalized spacial score (nSPS) is 16.3. The van der Waals surface area contributed by atoms with Gasteiger partial charge in [-0.2, -0.15) is 0 Å². The van der Waals surface area contributed by atoms with Crippen molar-refractivity contribution in [2.45, 2.75) is 12.0 Å². The molecule has 5 rings (SSSR count). The zero-order valence-electron chi connectivity index (χ0n) is 16.9. The topological polar surface area (TPSA) is 29.5 Å². The lowest BCUT2D eigenvalue weighted by atomic mass is 9.98. The fraction of sp³-hybridized carbons (Fsp3) is 0.107. The van der Waals surface area contributed by atoms with Crippen molar-refractivity contribution >= 4 is 6.09 Å². The van der Waals surface area contributed by atoms with Gasteiger partial charge in [0.05, 0.1) is 0 Å². The molecular weight excluding hydrogens is 382 g/mol. The van der Waals surface area contributed by atoms with Crippen LogP contribution in [0.2, 0.25) is 0 Å². The molecule has 1 amide bonds. The number of benzene rings is 3. The summed E-state index contributed by atoms with van der Waals surface area (Å²) < 4.78 is 5.80. The van der Waals surface area contributed by atoms with Crippen LogP contribution in [0.4, 0.5) is 4.79 Å². The SMILES string of the molecule is O=C(OCC1c2ccccc2-c2ccccc21)N1C=CC=CC1C#Cc1ccccc1. The molecule has 2 aliphatic rings. The molecule has 3 aromatic carbocycles. The summed E-state index contributed by atoms with van der Waals surface area (Å²) in [5, 5.41) is 0. The number of allylic oxidation sites excluding steroid dienone is 2. The van der Waals surface area contributed by atoms with Crippen LogP contribution in [0.5, 0.6) is 0 Å². The summed E-state index contributed by atoms with van der Waals surface area (Å²) in [4.78, 5) is 14.5. The number of rotatable bonds is 2. The number of fused-ring (bicyclic) bond motifs is 3. The lowest BCUT2D eigenvalue weighted by Crippen LogP contribution is -2.36. The molecule has 1 atom stereocenters. The van der Waals surface area contributed by atoms with Gasteiger partial charge in [-0.15, -0.1) is 0 Å². The Morgan fingerprint density at radius 2 is 1.48 bits per heavy atom. The first-order valence-electron chi connectivity index (χ1n) is 10.4. The Balaban J connectivity index is 1.33. The lowest BCUT2D eigenvalue weighted by Gasteiger charge is -2.25. The number of carbonyl (C=O) groups is 1. The third-order valence-electron chi connectivity index (χ3n) is 5.64. The molecule has 0 spiro atoms. The summed E-state index contributed by atoms with van der Waals surface area (Å²) in [5.41, 5.74) is 5.74. The number of carbonyl (C=O) groups excluding carboxylic acids is 1. The molecule has 0 radical (unpaired) electrons. The Labute approximate surface area is 182 Å². The molecule has 3 heteroatoms. The maximum Gasteiger partial charge on any atom is 0.415 e.